The zero-order valence-corrected chi connectivity index (χ0v) is 11.7. The Hall–Kier alpha value is -1.55. The highest BCUT2D eigenvalue weighted by Crippen LogP contribution is 2.19. The average molecular weight is 262 g/mol. The van der Waals surface area contributed by atoms with E-state index < -0.39 is 0 Å². The zero-order chi connectivity index (χ0) is 13.8. The van der Waals surface area contributed by atoms with E-state index in [2.05, 4.69) is 0 Å². The van der Waals surface area contributed by atoms with Crippen LogP contribution in [0.4, 0.5) is 5.69 Å². The standard InChI is InChI=1S/C15H22N2O2/c1-11-5-6-14(16)13(8-11)15(18)17(2)9-12-4-3-7-19-10-12/h5-6,8,12H,3-4,7,9-10,16H2,1-2H3. The molecular weight excluding hydrogens is 240 g/mol. The first-order chi connectivity index (χ1) is 9.08. The van der Waals surface area contributed by atoms with Gasteiger partial charge < -0.3 is 15.4 Å². The molecule has 2 rings (SSSR count). The Morgan fingerprint density at radius 2 is 2.32 bits per heavy atom. The summed E-state index contributed by atoms with van der Waals surface area (Å²) in [5.74, 6) is 0.431. The van der Waals surface area contributed by atoms with E-state index in [1.807, 2.05) is 26.1 Å². The Morgan fingerprint density at radius 3 is 3.00 bits per heavy atom. The number of rotatable bonds is 3. The number of anilines is 1. The van der Waals surface area contributed by atoms with Gasteiger partial charge >= 0.3 is 0 Å². The molecule has 104 valence electrons. The van der Waals surface area contributed by atoms with Gasteiger partial charge in [-0.15, -0.1) is 0 Å². The van der Waals surface area contributed by atoms with E-state index in [4.69, 9.17) is 10.5 Å². The molecule has 1 heterocycles. The van der Waals surface area contributed by atoms with Gasteiger partial charge in [0.25, 0.3) is 5.91 Å². The van der Waals surface area contributed by atoms with Crippen LogP contribution in [0, 0.1) is 12.8 Å². The number of carbonyl (C=O) groups is 1. The van der Waals surface area contributed by atoms with Gasteiger partial charge in [0.15, 0.2) is 0 Å². The number of nitrogen functional groups attached to an aromatic ring is 1. The lowest BCUT2D eigenvalue weighted by molar-refractivity contribution is 0.0389. The number of nitrogens with zero attached hydrogens (tertiary/aromatic N) is 1. The number of amides is 1. The summed E-state index contributed by atoms with van der Waals surface area (Å²) >= 11 is 0. The minimum atomic E-state index is -0.00762. The molecule has 0 radical (unpaired) electrons. The van der Waals surface area contributed by atoms with E-state index in [1.165, 1.54) is 0 Å². The Bertz CT molecular complexity index is 453. The average Bonchev–Trinajstić information content (AvgIpc) is 2.42. The highest BCUT2D eigenvalue weighted by atomic mass is 16.5. The quantitative estimate of drug-likeness (QED) is 0.848. The molecule has 0 saturated carbocycles. The minimum Gasteiger partial charge on any atom is -0.398 e. The molecular formula is C15H22N2O2. The lowest BCUT2D eigenvalue weighted by Gasteiger charge is -2.27. The molecule has 2 N–H and O–H groups in total. The fraction of sp³-hybridized carbons (Fsp3) is 0.533. The van der Waals surface area contributed by atoms with E-state index in [-0.39, 0.29) is 5.91 Å². The predicted octanol–water partition coefficient (Wildman–Crippen LogP) is 2.08. The van der Waals surface area contributed by atoms with E-state index >= 15 is 0 Å². The monoisotopic (exact) mass is 262 g/mol. The zero-order valence-electron chi connectivity index (χ0n) is 11.7. The van der Waals surface area contributed by atoms with Crippen LogP contribution < -0.4 is 5.73 Å². The van der Waals surface area contributed by atoms with E-state index in [1.54, 1.807) is 11.0 Å². The van der Waals surface area contributed by atoms with E-state index in [0.29, 0.717) is 17.2 Å². The third kappa shape index (κ3) is 3.47. The van der Waals surface area contributed by atoms with Crippen molar-refractivity contribution in [2.75, 3.05) is 32.5 Å². The van der Waals surface area contributed by atoms with Crippen LogP contribution in [-0.4, -0.2) is 37.6 Å². The van der Waals surface area contributed by atoms with Gasteiger partial charge in [0, 0.05) is 25.9 Å². The van der Waals surface area contributed by atoms with Crippen molar-refractivity contribution in [3.8, 4) is 0 Å². The van der Waals surface area contributed by atoms with Crippen molar-refractivity contribution in [1.82, 2.24) is 4.90 Å². The van der Waals surface area contributed by atoms with Crippen molar-refractivity contribution in [3.05, 3.63) is 29.3 Å². The van der Waals surface area contributed by atoms with Crippen molar-refractivity contribution in [3.63, 3.8) is 0 Å². The fourth-order valence-electron chi connectivity index (χ4n) is 2.48. The van der Waals surface area contributed by atoms with Gasteiger partial charge in [-0.2, -0.15) is 0 Å². The fourth-order valence-corrected chi connectivity index (χ4v) is 2.48. The number of hydrogen-bond donors (Lipinski definition) is 1. The molecule has 1 fully saturated rings. The summed E-state index contributed by atoms with van der Waals surface area (Å²) in [6.07, 6.45) is 2.21. The lowest BCUT2D eigenvalue weighted by atomic mass is 10.0. The van der Waals surface area contributed by atoms with Gasteiger partial charge in [0.05, 0.1) is 12.2 Å². The van der Waals surface area contributed by atoms with Gasteiger partial charge in [-0.1, -0.05) is 11.6 Å². The minimum absolute atomic E-state index is 0.00762. The molecule has 1 atom stereocenters. The number of nitrogens with two attached hydrogens (primary N) is 1. The summed E-state index contributed by atoms with van der Waals surface area (Å²) in [5, 5.41) is 0. The Balaban J connectivity index is 2.03. The number of aryl methyl sites for hydroxylation is 1. The molecule has 1 aromatic rings. The van der Waals surface area contributed by atoms with Crippen molar-refractivity contribution in [2.24, 2.45) is 5.92 Å². The van der Waals surface area contributed by atoms with Gasteiger partial charge in [-0.05, 0) is 37.8 Å². The maximum absolute atomic E-state index is 12.4. The number of ether oxygens (including phenoxy) is 1. The summed E-state index contributed by atoms with van der Waals surface area (Å²) in [5.41, 5.74) is 8.08. The van der Waals surface area contributed by atoms with Crippen LogP contribution >= 0.6 is 0 Å². The molecule has 1 aliphatic rings. The molecule has 1 amide bonds. The summed E-state index contributed by atoms with van der Waals surface area (Å²) in [4.78, 5) is 14.2. The second kappa shape index (κ2) is 6.06. The SMILES string of the molecule is Cc1ccc(N)c(C(=O)N(C)CC2CCCOC2)c1. The van der Waals surface area contributed by atoms with Crippen molar-refractivity contribution >= 4 is 11.6 Å². The van der Waals surface area contributed by atoms with Gasteiger partial charge in [-0.3, -0.25) is 4.79 Å². The van der Waals surface area contributed by atoms with Crippen molar-refractivity contribution < 1.29 is 9.53 Å². The maximum atomic E-state index is 12.4. The second-order valence-corrected chi connectivity index (χ2v) is 5.36. The molecule has 4 nitrogen and oxygen atoms in total. The van der Waals surface area contributed by atoms with Crippen LogP contribution in [0.5, 0.6) is 0 Å². The predicted molar refractivity (Wildman–Crippen MR) is 76.1 cm³/mol. The van der Waals surface area contributed by atoms with Gasteiger partial charge in [0.1, 0.15) is 0 Å². The van der Waals surface area contributed by atoms with E-state index in [9.17, 15) is 4.79 Å². The highest BCUT2D eigenvalue weighted by molar-refractivity contribution is 5.99. The highest BCUT2D eigenvalue weighted by Gasteiger charge is 2.20. The Labute approximate surface area is 114 Å². The molecule has 0 aliphatic carbocycles. The summed E-state index contributed by atoms with van der Waals surface area (Å²) in [6, 6.07) is 5.56. The van der Waals surface area contributed by atoms with Crippen LogP contribution in [-0.2, 0) is 4.74 Å². The first kappa shape index (κ1) is 13.9. The normalized spacial score (nSPS) is 19.2. The van der Waals surface area contributed by atoms with Crippen LogP contribution in [0.3, 0.4) is 0 Å². The molecule has 0 bridgehead atoms. The second-order valence-electron chi connectivity index (χ2n) is 5.36. The molecule has 19 heavy (non-hydrogen) atoms. The first-order valence-corrected chi connectivity index (χ1v) is 6.77. The summed E-state index contributed by atoms with van der Waals surface area (Å²) in [7, 11) is 1.83. The summed E-state index contributed by atoms with van der Waals surface area (Å²) < 4.78 is 5.45. The maximum Gasteiger partial charge on any atom is 0.255 e. The summed E-state index contributed by atoms with van der Waals surface area (Å²) in [6.45, 7) is 4.29. The molecule has 1 unspecified atom stereocenters. The Kier molecular flexibility index (Phi) is 4.43. The molecule has 1 aliphatic heterocycles. The third-order valence-electron chi connectivity index (χ3n) is 3.57. The molecule has 1 saturated heterocycles. The smallest absolute Gasteiger partial charge is 0.255 e. The molecule has 0 aromatic heterocycles. The van der Waals surface area contributed by atoms with Gasteiger partial charge in [0.2, 0.25) is 0 Å². The third-order valence-corrected chi connectivity index (χ3v) is 3.57. The molecule has 4 heteroatoms. The van der Waals surface area contributed by atoms with Crippen LogP contribution in [0.1, 0.15) is 28.8 Å². The largest absolute Gasteiger partial charge is 0.398 e. The lowest BCUT2D eigenvalue weighted by Crippen LogP contribution is -2.35. The van der Waals surface area contributed by atoms with Crippen LogP contribution in [0.15, 0.2) is 18.2 Å². The van der Waals surface area contributed by atoms with E-state index in [0.717, 1.165) is 38.2 Å². The van der Waals surface area contributed by atoms with Crippen molar-refractivity contribution in [2.45, 2.75) is 19.8 Å². The van der Waals surface area contributed by atoms with Crippen molar-refractivity contribution in [1.29, 1.82) is 0 Å². The molecule has 1 aromatic carbocycles. The number of carbonyl (C=O) groups excluding carboxylic acids is 1. The first-order valence-electron chi connectivity index (χ1n) is 6.77. The van der Waals surface area contributed by atoms with Gasteiger partial charge in [-0.25, -0.2) is 0 Å². The van der Waals surface area contributed by atoms with Crippen LogP contribution in [0.2, 0.25) is 0 Å². The molecule has 0 spiro atoms. The topological polar surface area (TPSA) is 55.6 Å². The van der Waals surface area contributed by atoms with Crippen LogP contribution in [0.25, 0.3) is 0 Å². The number of benzene rings is 1. The Morgan fingerprint density at radius 1 is 1.53 bits per heavy atom. The number of hydrogen-bond acceptors (Lipinski definition) is 3.